The van der Waals surface area contributed by atoms with Crippen molar-refractivity contribution in [2.45, 2.75) is 19.4 Å². The predicted molar refractivity (Wildman–Crippen MR) is 63.6 cm³/mol. The van der Waals surface area contributed by atoms with Gasteiger partial charge >= 0.3 is 5.97 Å². The molecule has 0 bridgehead atoms. The molecule has 7 heteroatoms. The number of aliphatic hydroxyl groups is 1. The molecule has 0 aromatic carbocycles. The molecule has 1 aliphatic carbocycles. The fourth-order valence-corrected chi connectivity index (χ4v) is 2.53. The Balaban J connectivity index is 3.08. The summed E-state index contributed by atoms with van der Waals surface area (Å²) in [5.41, 5.74) is 0. The van der Waals surface area contributed by atoms with E-state index in [1.54, 1.807) is 0 Å². The molecule has 0 unspecified atom stereocenters. The first-order chi connectivity index (χ1) is 8.84. The van der Waals surface area contributed by atoms with Crippen molar-refractivity contribution < 1.29 is 29.1 Å². The quantitative estimate of drug-likeness (QED) is 0.542. The van der Waals surface area contributed by atoms with Crippen LogP contribution in [0, 0.1) is 17.8 Å². The molecular weight excluding hydrogens is 254 g/mol. The van der Waals surface area contributed by atoms with Crippen LogP contribution in [-0.4, -0.2) is 55.2 Å². The molecule has 1 N–H and O–H groups in total. The number of rotatable bonds is 4. The fraction of sp³-hybridized carbons (Fsp3) is 0.750. The molecule has 7 nitrogen and oxygen atoms in total. The summed E-state index contributed by atoms with van der Waals surface area (Å²) in [6.45, 7) is 1.33. The standard InChI is InChI=1S/C12H19NO6/c1-6(14)7-5-8(15)10(9(7)12(17)18-3)11(16)13(2)19-4/h7-10,15H,5H2,1-4H3/t7-,8+,9+,10+/m0/s1. The molecule has 1 aliphatic rings. The Morgan fingerprint density at radius 2 is 1.79 bits per heavy atom. The molecule has 0 aromatic heterocycles. The Bertz CT molecular complexity index is 382. The minimum absolute atomic E-state index is 0.0725. The summed E-state index contributed by atoms with van der Waals surface area (Å²) in [6, 6.07) is 0. The van der Waals surface area contributed by atoms with E-state index in [9.17, 15) is 19.5 Å². The molecule has 4 atom stereocenters. The van der Waals surface area contributed by atoms with Crippen LogP contribution in [0.4, 0.5) is 0 Å². The predicted octanol–water partition coefficient (Wildman–Crippen LogP) is -0.619. The average molecular weight is 273 g/mol. The number of amides is 1. The first-order valence-corrected chi connectivity index (χ1v) is 5.93. The highest BCUT2D eigenvalue weighted by atomic mass is 16.7. The van der Waals surface area contributed by atoms with Crippen LogP contribution in [-0.2, 0) is 24.0 Å². The summed E-state index contributed by atoms with van der Waals surface area (Å²) in [5.74, 6) is -4.16. The summed E-state index contributed by atoms with van der Waals surface area (Å²) in [4.78, 5) is 40.2. The van der Waals surface area contributed by atoms with Gasteiger partial charge in [-0.3, -0.25) is 19.2 Å². The fourth-order valence-electron chi connectivity index (χ4n) is 2.53. The van der Waals surface area contributed by atoms with Crippen LogP contribution in [0.15, 0.2) is 0 Å². The lowest BCUT2D eigenvalue weighted by atomic mass is 9.86. The zero-order valence-corrected chi connectivity index (χ0v) is 11.5. The molecule has 1 fully saturated rings. The topological polar surface area (TPSA) is 93.1 Å². The molecule has 0 aliphatic heterocycles. The molecule has 0 spiro atoms. The van der Waals surface area contributed by atoms with Crippen LogP contribution in [0.3, 0.4) is 0 Å². The number of hydrogen-bond acceptors (Lipinski definition) is 6. The Morgan fingerprint density at radius 1 is 1.21 bits per heavy atom. The van der Waals surface area contributed by atoms with Gasteiger partial charge in [0.25, 0.3) is 5.91 Å². The van der Waals surface area contributed by atoms with E-state index in [0.29, 0.717) is 0 Å². The summed E-state index contributed by atoms with van der Waals surface area (Å²) in [6.07, 6.45) is -0.994. The second-order valence-corrected chi connectivity index (χ2v) is 4.61. The first-order valence-electron chi connectivity index (χ1n) is 5.93. The van der Waals surface area contributed by atoms with Crippen LogP contribution in [0.1, 0.15) is 13.3 Å². The van der Waals surface area contributed by atoms with Gasteiger partial charge in [-0.25, -0.2) is 5.06 Å². The van der Waals surface area contributed by atoms with Gasteiger partial charge in [0, 0.05) is 13.0 Å². The number of methoxy groups -OCH3 is 1. The van der Waals surface area contributed by atoms with Gasteiger partial charge in [-0.1, -0.05) is 0 Å². The third kappa shape index (κ3) is 2.93. The molecule has 1 rings (SSSR count). The van der Waals surface area contributed by atoms with Crippen molar-refractivity contribution in [3.63, 3.8) is 0 Å². The van der Waals surface area contributed by atoms with Gasteiger partial charge in [0.15, 0.2) is 0 Å². The number of carbonyl (C=O) groups excluding carboxylic acids is 3. The van der Waals surface area contributed by atoms with E-state index < -0.39 is 35.7 Å². The maximum Gasteiger partial charge on any atom is 0.310 e. The summed E-state index contributed by atoms with van der Waals surface area (Å²) >= 11 is 0. The maximum absolute atomic E-state index is 12.1. The molecule has 19 heavy (non-hydrogen) atoms. The number of aliphatic hydroxyl groups excluding tert-OH is 1. The molecule has 1 amide bonds. The molecule has 1 saturated carbocycles. The number of esters is 1. The molecule has 0 saturated heterocycles. The third-order valence-corrected chi connectivity index (χ3v) is 3.60. The molecule has 0 radical (unpaired) electrons. The van der Waals surface area contributed by atoms with Gasteiger partial charge in [0.05, 0.1) is 32.2 Å². The Kier molecular flexibility index (Phi) is 5.02. The van der Waals surface area contributed by atoms with Gasteiger partial charge in [0.2, 0.25) is 0 Å². The van der Waals surface area contributed by atoms with E-state index in [4.69, 9.17) is 4.84 Å². The van der Waals surface area contributed by atoms with Crippen molar-refractivity contribution >= 4 is 17.7 Å². The van der Waals surface area contributed by atoms with Crippen molar-refractivity contribution in [1.82, 2.24) is 5.06 Å². The van der Waals surface area contributed by atoms with E-state index in [0.717, 1.165) is 5.06 Å². The van der Waals surface area contributed by atoms with Gasteiger partial charge in [0.1, 0.15) is 5.78 Å². The monoisotopic (exact) mass is 273 g/mol. The van der Waals surface area contributed by atoms with E-state index in [-0.39, 0.29) is 12.2 Å². The highest BCUT2D eigenvalue weighted by Crippen LogP contribution is 2.39. The lowest BCUT2D eigenvalue weighted by Crippen LogP contribution is -2.42. The zero-order valence-electron chi connectivity index (χ0n) is 11.5. The van der Waals surface area contributed by atoms with Crippen molar-refractivity contribution in [3.05, 3.63) is 0 Å². The van der Waals surface area contributed by atoms with Gasteiger partial charge in [-0.05, 0) is 13.3 Å². The summed E-state index contributed by atoms with van der Waals surface area (Å²) < 4.78 is 4.64. The third-order valence-electron chi connectivity index (χ3n) is 3.60. The Hall–Kier alpha value is -1.47. The largest absolute Gasteiger partial charge is 0.469 e. The average Bonchev–Trinajstić information content (AvgIpc) is 2.73. The number of hydrogen-bond donors (Lipinski definition) is 1. The van der Waals surface area contributed by atoms with E-state index in [1.807, 2.05) is 0 Å². The molecule has 0 aromatic rings. The van der Waals surface area contributed by atoms with Gasteiger partial charge < -0.3 is 9.84 Å². The normalized spacial score (nSPS) is 29.9. The van der Waals surface area contributed by atoms with Crippen molar-refractivity contribution in [2.75, 3.05) is 21.3 Å². The van der Waals surface area contributed by atoms with E-state index >= 15 is 0 Å². The van der Waals surface area contributed by atoms with Crippen LogP contribution < -0.4 is 0 Å². The van der Waals surface area contributed by atoms with Crippen molar-refractivity contribution in [3.8, 4) is 0 Å². The van der Waals surface area contributed by atoms with Crippen LogP contribution in [0.5, 0.6) is 0 Å². The maximum atomic E-state index is 12.1. The number of Topliss-reactive ketones (excluding diaryl/α,β-unsaturated/α-hetero) is 1. The second kappa shape index (κ2) is 6.12. The summed E-state index contributed by atoms with van der Waals surface area (Å²) in [5, 5.41) is 10.9. The lowest BCUT2D eigenvalue weighted by Gasteiger charge is -2.25. The molecule has 108 valence electrons. The second-order valence-electron chi connectivity index (χ2n) is 4.61. The minimum Gasteiger partial charge on any atom is -0.469 e. The molecular formula is C12H19NO6. The Morgan fingerprint density at radius 3 is 2.21 bits per heavy atom. The van der Waals surface area contributed by atoms with Gasteiger partial charge in [-0.2, -0.15) is 0 Å². The van der Waals surface area contributed by atoms with Gasteiger partial charge in [-0.15, -0.1) is 0 Å². The van der Waals surface area contributed by atoms with E-state index in [2.05, 4.69) is 4.74 Å². The Labute approximate surface area is 111 Å². The smallest absolute Gasteiger partial charge is 0.310 e. The highest BCUT2D eigenvalue weighted by molar-refractivity contribution is 5.91. The van der Waals surface area contributed by atoms with Crippen LogP contribution in [0.2, 0.25) is 0 Å². The molecule has 0 heterocycles. The van der Waals surface area contributed by atoms with Crippen LogP contribution >= 0.6 is 0 Å². The van der Waals surface area contributed by atoms with Crippen molar-refractivity contribution in [1.29, 1.82) is 0 Å². The number of ketones is 1. The number of ether oxygens (including phenoxy) is 1. The summed E-state index contributed by atoms with van der Waals surface area (Å²) in [7, 11) is 3.87. The SMILES string of the molecule is COC(=O)[C@H]1[C@H](C(=O)N(C)OC)[C@H](O)C[C@H]1C(C)=O. The number of hydroxylamine groups is 2. The lowest BCUT2D eigenvalue weighted by molar-refractivity contribution is -0.180. The highest BCUT2D eigenvalue weighted by Gasteiger charge is 2.53. The number of nitrogens with zero attached hydrogens (tertiary/aromatic N) is 1. The van der Waals surface area contributed by atoms with Crippen molar-refractivity contribution in [2.24, 2.45) is 17.8 Å². The number of carbonyl (C=O) groups is 3. The zero-order chi connectivity index (χ0) is 14.7. The van der Waals surface area contributed by atoms with Crippen LogP contribution in [0.25, 0.3) is 0 Å². The first kappa shape index (κ1) is 15.6. The minimum atomic E-state index is -1.07. The van der Waals surface area contributed by atoms with E-state index in [1.165, 1.54) is 28.2 Å².